The molecule has 0 spiro atoms. The van der Waals surface area contributed by atoms with Crippen LogP contribution in [0.1, 0.15) is 39.2 Å². The predicted molar refractivity (Wildman–Crippen MR) is 80.0 cm³/mol. The van der Waals surface area contributed by atoms with E-state index in [0.29, 0.717) is 12.5 Å². The molecule has 1 N–H and O–H groups in total. The average Bonchev–Trinajstić information content (AvgIpc) is 3.23. The maximum absolute atomic E-state index is 13.4. The summed E-state index contributed by atoms with van der Waals surface area (Å²) in [7, 11) is 0. The molecule has 2 aliphatic rings. The molecule has 0 amide bonds. The molecule has 1 heterocycles. The van der Waals surface area contributed by atoms with Crippen molar-refractivity contribution in [1.82, 2.24) is 10.2 Å². The zero-order valence-corrected chi connectivity index (χ0v) is 13.0. The third kappa shape index (κ3) is 2.97. The van der Waals surface area contributed by atoms with Gasteiger partial charge in [-0.15, -0.1) is 0 Å². The molecule has 116 valence electrons. The molecule has 1 aromatic carbocycles. The summed E-state index contributed by atoms with van der Waals surface area (Å²) in [5.41, 5.74) is 1.01. The molecule has 2 nitrogen and oxygen atoms in total. The van der Waals surface area contributed by atoms with E-state index in [4.69, 9.17) is 0 Å². The molecule has 4 heteroatoms. The molecule has 1 atom stereocenters. The Morgan fingerprint density at radius 1 is 1.19 bits per heavy atom. The molecule has 1 aromatic rings. The highest BCUT2D eigenvalue weighted by atomic mass is 19.2. The summed E-state index contributed by atoms with van der Waals surface area (Å²) in [4.78, 5) is 2.45. The van der Waals surface area contributed by atoms with Crippen LogP contribution in [0.15, 0.2) is 18.2 Å². The quantitative estimate of drug-likeness (QED) is 0.920. The summed E-state index contributed by atoms with van der Waals surface area (Å²) in [6.07, 6.45) is 2.54. The summed E-state index contributed by atoms with van der Waals surface area (Å²) >= 11 is 0. The van der Waals surface area contributed by atoms with Crippen molar-refractivity contribution in [2.24, 2.45) is 5.92 Å². The predicted octanol–water partition coefficient (Wildman–Crippen LogP) is 3.32. The summed E-state index contributed by atoms with van der Waals surface area (Å²) in [6, 6.07) is 4.25. The molecule has 2 fully saturated rings. The lowest BCUT2D eigenvalue weighted by atomic mass is 9.85. The van der Waals surface area contributed by atoms with Gasteiger partial charge in [0.15, 0.2) is 11.6 Å². The second kappa shape index (κ2) is 5.03. The standard InChI is InChI=1S/C17H24F2N2/c1-16(2)11-21(17(3,10-20-16)13-5-6-13)9-12-4-7-14(18)15(19)8-12/h4,7-8,13,20H,5-6,9-11H2,1-3H3. The Labute approximate surface area is 125 Å². The Hall–Kier alpha value is -1.00. The molecule has 1 aliphatic carbocycles. The van der Waals surface area contributed by atoms with Crippen LogP contribution in [-0.2, 0) is 6.54 Å². The third-order valence-corrected chi connectivity index (χ3v) is 5.05. The van der Waals surface area contributed by atoms with E-state index >= 15 is 0 Å². The van der Waals surface area contributed by atoms with Gasteiger partial charge in [0.05, 0.1) is 0 Å². The Morgan fingerprint density at radius 2 is 1.90 bits per heavy atom. The van der Waals surface area contributed by atoms with E-state index in [9.17, 15) is 8.78 Å². The van der Waals surface area contributed by atoms with Crippen molar-refractivity contribution in [2.45, 2.75) is 51.2 Å². The number of nitrogens with one attached hydrogen (secondary N) is 1. The lowest BCUT2D eigenvalue weighted by Crippen LogP contribution is -2.67. The third-order valence-electron chi connectivity index (χ3n) is 5.05. The Balaban J connectivity index is 1.83. The normalized spacial score (nSPS) is 29.6. The highest BCUT2D eigenvalue weighted by Crippen LogP contribution is 2.45. The second-order valence-electron chi connectivity index (χ2n) is 7.47. The van der Waals surface area contributed by atoms with E-state index in [-0.39, 0.29) is 11.1 Å². The molecule has 1 aliphatic heterocycles. The molecule has 1 saturated carbocycles. The van der Waals surface area contributed by atoms with Gasteiger partial charge in [0, 0.05) is 30.7 Å². The first kappa shape index (κ1) is 14.9. The largest absolute Gasteiger partial charge is 0.309 e. The van der Waals surface area contributed by atoms with E-state index in [1.165, 1.54) is 25.0 Å². The number of halogens is 2. The van der Waals surface area contributed by atoms with Crippen LogP contribution in [0.2, 0.25) is 0 Å². The average molecular weight is 294 g/mol. The van der Waals surface area contributed by atoms with Crippen LogP contribution in [0.5, 0.6) is 0 Å². The number of hydrogen-bond acceptors (Lipinski definition) is 2. The summed E-state index contributed by atoms with van der Waals surface area (Å²) in [5.74, 6) is -0.814. The fourth-order valence-electron chi connectivity index (χ4n) is 3.45. The fourth-order valence-corrected chi connectivity index (χ4v) is 3.45. The van der Waals surface area contributed by atoms with E-state index in [1.54, 1.807) is 6.07 Å². The second-order valence-corrected chi connectivity index (χ2v) is 7.47. The zero-order valence-electron chi connectivity index (χ0n) is 13.0. The van der Waals surface area contributed by atoms with Gasteiger partial charge >= 0.3 is 0 Å². The van der Waals surface area contributed by atoms with E-state index in [0.717, 1.165) is 18.7 Å². The van der Waals surface area contributed by atoms with Crippen molar-refractivity contribution in [3.63, 3.8) is 0 Å². The van der Waals surface area contributed by atoms with Crippen molar-refractivity contribution in [3.8, 4) is 0 Å². The highest BCUT2D eigenvalue weighted by Gasteiger charge is 2.49. The van der Waals surface area contributed by atoms with E-state index in [2.05, 4.69) is 31.0 Å². The van der Waals surface area contributed by atoms with Gasteiger partial charge in [0.1, 0.15) is 0 Å². The molecule has 0 bridgehead atoms. The molecule has 1 unspecified atom stereocenters. The van der Waals surface area contributed by atoms with Crippen LogP contribution in [0, 0.1) is 17.6 Å². The lowest BCUT2D eigenvalue weighted by Gasteiger charge is -2.52. The topological polar surface area (TPSA) is 15.3 Å². The van der Waals surface area contributed by atoms with Crippen LogP contribution >= 0.6 is 0 Å². The first-order chi connectivity index (χ1) is 9.80. The molecule has 0 radical (unpaired) electrons. The van der Waals surface area contributed by atoms with E-state index < -0.39 is 11.6 Å². The molecule has 1 saturated heterocycles. The molecule has 3 rings (SSSR count). The summed E-state index contributed by atoms with van der Waals surface area (Å²) < 4.78 is 26.5. The molecule has 0 aromatic heterocycles. The van der Waals surface area contributed by atoms with Crippen molar-refractivity contribution in [1.29, 1.82) is 0 Å². The molecular weight excluding hydrogens is 270 g/mol. The first-order valence-electron chi connectivity index (χ1n) is 7.74. The fraction of sp³-hybridized carbons (Fsp3) is 0.647. The van der Waals surface area contributed by atoms with Crippen molar-refractivity contribution >= 4 is 0 Å². The minimum absolute atomic E-state index is 0.0486. The number of hydrogen-bond donors (Lipinski definition) is 1. The van der Waals surface area contributed by atoms with Gasteiger partial charge in [-0.25, -0.2) is 8.78 Å². The maximum atomic E-state index is 13.4. The van der Waals surface area contributed by atoms with Crippen LogP contribution < -0.4 is 5.32 Å². The SMILES string of the molecule is CC1(C)CN(Cc2ccc(F)c(F)c2)C(C)(C2CC2)CN1. The van der Waals surface area contributed by atoms with Crippen LogP contribution in [0.4, 0.5) is 8.78 Å². The minimum atomic E-state index is -0.774. The number of nitrogens with zero attached hydrogens (tertiary/aromatic N) is 1. The van der Waals surface area contributed by atoms with Gasteiger partial charge in [-0.1, -0.05) is 6.07 Å². The lowest BCUT2D eigenvalue weighted by molar-refractivity contribution is 0.00513. The van der Waals surface area contributed by atoms with E-state index in [1.807, 2.05) is 0 Å². The van der Waals surface area contributed by atoms with Crippen LogP contribution in [0.25, 0.3) is 0 Å². The summed E-state index contributed by atoms with van der Waals surface area (Å²) in [6.45, 7) is 9.23. The zero-order chi connectivity index (χ0) is 15.3. The Bertz CT molecular complexity index is 540. The monoisotopic (exact) mass is 294 g/mol. The number of rotatable bonds is 3. The molecule has 21 heavy (non-hydrogen) atoms. The number of benzene rings is 1. The van der Waals surface area contributed by atoms with Crippen molar-refractivity contribution in [3.05, 3.63) is 35.4 Å². The number of piperazine rings is 1. The maximum Gasteiger partial charge on any atom is 0.159 e. The Morgan fingerprint density at radius 3 is 2.52 bits per heavy atom. The first-order valence-corrected chi connectivity index (χ1v) is 7.74. The Kier molecular flexibility index (Phi) is 3.57. The van der Waals surface area contributed by atoms with Gasteiger partial charge < -0.3 is 5.32 Å². The van der Waals surface area contributed by atoms with Gasteiger partial charge in [-0.05, 0) is 57.2 Å². The van der Waals surface area contributed by atoms with Gasteiger partial charge in [-0.3, -0.25) is 4.90 Å². The van der Waals surface area contributed by atoms with Crippen molar-refractivity contribution in [2.75, 3.05) is 13.1 Å². The smallest absolute Gasteiger partial charge is 0.159 e. The minimum Gasteiger partial charge on any atom is -0.309 e. The van der Waals surface area contributed by atoms with Crippen molar-refractivity contribution < 1.29 is 8.78 Å². The van der Waals surface area contributed by atoms with Crippen LogP contribution in [0.3, 0.4) is 0 Å². The summed E-state index contributed by atoms with van der Waals surface area (Å²) in [5, 5.41) is 3.63. The van der Waals surface area contributed by atoms with Gasteiger partial charge in [-0.2, -0.15) is 0 Å². The van der Waals surface area contributed by atoms with Gasteiger partial charge in [0.2, 0.25) is 0 Å². The highest BCUT2D eigenvalue weighted by molar-refractivity contribution is 5.19. The molecular formula is C17H24F2N2. The van der Waals surface area contributed by atoms with Gasteiger partial charge in [0.25, 0.3) is 0 Å². The van der Waals surface area contributed by atoms with Crippen LogP contribution in [-0.4, -0.2) is 29.1 Å².